The van der Waals surface area contributed by atoms with Gasteiger partial charge < -0.3 is 19.5 Å². The van der Waals surface area contributed by atoms with E-state index in [9.17, 15) is 4.79 Å². The second-order valence-electron chi connectivity index (χ2n) is 4.66. The van der Waals surface area contributed by atoms with Crippen LogP contribution in [0.3, 0.4) is 0 Å². The fourth-order valence-corrected chi connectivity index (χ4v) is 2.16. The first-order valence-corrected chi connectivity index (χ1v) is 6.77. The minimum absolute atomic E-state index is 0.263. The monoisotopic (exact) mass is 301 g/mol. The van der Waals surface area contributed by atoms with E-state index in [1.165, 1.54) is 0 Å². The number of carbonyl (C=O) groups excluding carboxylic acids is 1. The normalized spacial score (nSPS) is 10.0. The molecule has 0 unspecified atom stereocenters. The quantitative estimate of drug-likeness (QED) is 0.921. The van der Waals surface area contributed by atoms with Gasteiger partial charge in [-0.3, -0.25) is 4.79 Å². The summed E-state index contributed by atoms with van der Waals surface area (Å²) in [5, 5.41) is 2.82. The Bertz CT molecular complexity index is 657. The third-order valence-electron chi connectivity index (χ3n) is 3.37. The lowest BCUT2D eigenvalue weighted by atomic mass is 10.1. The lowest BCUT2D eigenvalue weighted by Gasteiger charge is -2.13. The number of benzene rings is 2. The molecule has 0 aliphatic carbocycles. The Morgan fingerprint density at radius 2 is 1.45 bits per heavy atom. The minimum Gasteiger partial charge on any atom is -0.496 e. The van der Waals surface area contributed by atoms with Crippen LogP contribution >= 0.6 is 0 Å². The van der Waals surface area contributed by atoms with E-state index in [-0.39, 0.29) is 5.91 Å². The largest absolute Gasteiger partial charge is 0.496 e. The molecule has 116 valence electrons. The van der Waals surface area contributed by atoms with E-state index in [2.05, 4.69) is 5.32 Å². The zero-order chi connectivity index (χ0) is 16.1. The molecule has 5 heteroatoms. The lowest BCUT2D eigenvalue weighted by molar-refractivity contribution is 0.102. The van der Waals surface area contributed by atoms with Gasteiger partial charge in [0.1, 0.15) is 17.2 Å². The molecule has 5 nitrogen and oxygen atoms in total. The van der Waals surface area contributed by atoms with E-state index < -0.39 is 0 Å². The molecule has 0 aliphatic rings. The minimum atomic E-state index is -0.263. The first-order valence-electron chi connectivity index (χ1n) is 6.77. The van der Waals surface area contributed by atoms with Crippen molar-refractivity contribution in [3.8, 4) is 17.2 Å². The highest BCUT2D eigenvalue weighted by molar-refractivity contribution is 6.05. The second kappa shape index (κ2) is 6.85. The Kier molecular flexibility index (Phi) is 4.88. The lowest BCUT2D eigenvalue weighted by Crippen LogP contribution is -2.13. The Labute approximate surface area is 129 Å². The summed E-state index contributed by atoms with van der Waals surface area (Å²) in [5.74, 6) is 1.54. The highest BCUT2D eigenvalue weighted by atomic mass is 16.5. The van der Waals surface area contributed by atoms with Crippen molar-refractivity contribution in [1.29, 1.82) is 0 Å². The average molecular weight is 301 g/mol. The zero-order valence-corrected chi connectivity index (χ0v) is 13.1. The summed E-state index contributed by atoms with van der Waals surface area (Å²) in [7, 11) is 4.68. The van der Waals surface area contributed by atoms with Crippen LogP contribution in [0.15, 0.2) is 36.4 Å². The van der Waals surface area contributed by atoms with Gasteiger partial charge in [-0.25, -0.2) is 0 Å². The molecule has 0 saturated carbocycles. The summed E-state index contributed by atoms with van der Waals surface area (Å²) in [6, 6.07) is 10.6. The number of ether oxygens (including phenoxy) is 3. The predicted octanol–water partition coefficient (Wildman–Crippen LogP) is 3.27. The SMILES string of the molecule is COc1ccccc1NC(=O)c1cc(OC)c(C)c(OC)c1. The predicted molar refractivity (Wildman–Crippen MR) is 85.2 cm³/mol. The number of para-hydroxylation sites is 2. The van der Waals surface area contributed by atoms with Gasteiger partial charge in [0.05, 0.1) is 27.0 Å². The van der Waals surface area contributed by atoms with Crippen LogP contribution in [0.2, 0.25) is 0 Å². The molecule has 0 aliphatic heterocycles. The number of nitrogens with one attached hydrogen (secondary N) is 1. The second-order valence-corrected chi connectivity index (χ2v) is 4.66. The topological polar surface area (TPSA) is 56.8 Å². The molecule has 0 bridgehead atoms. The highest BCUT2D eigenvalue weighted by Crippen LogP contribution is 2.30. The molecule has 0 radical (unpaired) electrons. The van der Waals surface area contributed by atoms with E-state index in [1.54, 1.807) is 45.6 Å². The van der Waals surface area contributed by atoms with Crippen molar-refractivity contribution in [2.45, 2.75) is 6.92 Å². The van der Waals surface area contributed by atoms with Crippen LogP contribution < -0.4 is 19.5 Å². The van der Waals surface area contributed by atoms with Gasteiger partial charge in [0, 0.05) is 11.1 Å². The van der Waals surface area contributed by atoms with Crippen molar-refractivity contribution in [2.24, 2.45) is 0 Å². The number of rotatable bonds is 5. The van der Waals surface area contributed by atoms with Crippen LogP contribution in [0.25, 0.3) is 0 Å². The van der Waals surface area contributed by atoms with Crippen molar-refractivity contribution < 1.29 is 19.0 Å². The van der Waals surface area contributed by atoms with Crippen molar-refractivity contribution in [3.63, 3.8) is 0 Å². The summed E-state index contributed by atoms with van der Waals surface area (Å²) in [4.78, 5) is 12.5. The van der Waals surface area contributed by atoms with E-state index in [4.69, 9.17) is 14.2 Å². The van der Waals surface area contributed by atoms with Crippen molar-refractivity contribution in [1.82, 2.24) is 0 Å². The van der Waals surface area contributed by atoms with Gasteiger partial charge in [0.25, 0.3) is 5.91 Å². The first-order chi connectivity index (χ1) is 10.6. The Morgan fingerprint density at radius 1 is 0.909 bits per heavy atom. The van der Waals surface area contributed by atoms with Gasteiger partial charge in [-0.1, -0.05) is 12.1 Å². The third-order valence-corrected chi connectivity index (χ3v) is 3.37. The van der Waals surface area contributed by atoms with E-state index in [0.29, 0.717) is 28.5 Å². The molecular formula is C17H19NO4. The number of hydrogen-bond acceptors (Lipinski definition) is 4. The molecule has 0 saturated heterocycles. The summed E-state index contributed by atoms with van der Waals surface area (Å²) in [6.45, 7) is 1.87. The maximum absolute atomic E-state index is 12.5. The Hall–Kier alpha value is -2.69. The van der Waals surface area contributed by atoms with Crippen molar-refractivity contribution in [2.75, 3.05) is 26.6 Å². The van der Waals surface area contributed by atoms with Crippen LogP contribution in [-0.2, 0) is 0 Å². The molecule has 0 aromatic heterocycles. The number of anilines is 1. The number of amides is 1. The van der Waals surface area contributed by atoms with Gasteiger partial charge in [-0.15, -0.1) is 0 Å². The van der Waals surface area contributed by atoms with Gasteiger partial charge in [0.2, 0.25) is 0 Å². The van der Waals surface area contributed by atoms with E-state index in [1.807, 2.05) is 19.1 Å². The highest BCUT2D eigenvalue weighted by Gasteiger charge is 2.15. The fraction of sp³-hybridized carbons (Fsp3) is 0.235. The summed E-state index contributed by atoms with van der Waals surface area (Å²) in [6.07, 6.45) is 0. The average Bonchev–Trinajstić information content (AvgIpc) is 2.55. The molecule has 1 N–H and O–H groups in total. The standard InChI is InChI=1S/C17H19NO4/c1-11-15(21-3)9-12(10-16(11)22-4)17(19)18-13-7-5-6-8-14(13)20-2/h5-10H,1-4H3,(H,18,19). The van der Waals surface area contributed by atoms with Gasteiger partial charge in [0.15, 0.2) is 0 Å². The number of carbonyl (C=O) groups is 1. The van der Waals surface area contributed by atoms with Gasteiger partial charge in [-0.05, 0) is 31.2 Å². The summed E-state index contributed by atoms with van der Waals surface area (Å²) < 4.78 is 15.8. The molecule has 22 heavy (non-hydrogen) atoms. The molecule has 0 spiro atoms. The molecule has 0 heterocycles. The smallest absolute Gasteiger partial charge is 0.256 e. The number of methoxy groups -OCH3 is 3. The van der Waals surface area contributed by atoms with E-state index >= 15 is 0 Å². The van der Waals surface area contributed by atoms with Crippen LogP contribution in [0.1, 0.15) is 15.9 Å². The molecule has 2 aromatic carbocycles. The Balaban J connectivity index is 2.33. The van der Waals surface area contributed by atoms with Gasteiger partial charge >= 0.3 is 0 Å². The van der Waals surface area contributed by atoms with Gasteiger partial charge in [-0.2, -0.15) is 0 Å². The molecular weight excluding hydrogens is 282 g/mol. The Morgan fingerprint density at radius 3 is 2.00 bits per heavy atom. The van der Waals surface area contributed by atoms with Crippen LogP contribution in [0.5, 0.6) is 17.2 Å². The van der Waals surface area contributed by atoms with Crippen LogP contribution in [0, 0.1) is 6.92 Å². The maximum atomic E-state index is 12.5. The van der Waals surface area contributed by atoms with Crippen molar-refractivity contribution >= 4 is 11.6 Å². The van der Waals surface area contributed by atoms with Crippen LogP contribution in [-0.4, -0.2) is 27.2 Å². The summed E-state index contributed by atoms with van der Waals surface area (Å²) >= 11 is 0. The van der Waals surface area contributed by atoms with Crippen molar-refractivity contribution in [3.05, 3.63) is 47.5 Å². The molecule has 1 amide bonds. The number of hydrogen-bond donors (Lipinski definition) is 1. The molecule has 0 atom stereocenters. The van der Waals surface area contributed by atoms with E-state index in [0.717, 1.165) is 5.56 Å². The molecule has 0 fully saturated rings. The van der Waals surface area contributed by atoms with Crippen LogP contribution in [0.4, 0.5) is 5.69 Å². The molecule has 2 aromatic rings. The zero-order valence-electron chi connectivity index (χ0n) is 13.1. The molecule has 2 rings (SSSR count). The third kappa shape index (κ3) is 3.14. The first kappa shape index (κ1) is 15.7. The fourth-order valence-electron chi connectivity index (χ4n) is 2.16. The summed E-state index contributed by atoms with van der Waals surface area (Å²) in [5.41, 5.74) is 1.90. The maximum Gasteiger partial charge on any atom is 0.256 e.